The van der Waals surface area contributed by atoms with Crippen molar-refractivity contribution in [2.45, 2.75) is 13.5 Å². The van der Waals surface area contributed by atoms with Gasteiger partial charge in [0.15, 0.2) is 0 Å². The molecule has 0 atom stereocenters. The molecule has 0 N–H and O–H groups in total. The molecule has 0 saturated heterocycles. The van der Waals surface area contributed by atoms with E-state index in [4.69, 9.17) is 0 Å². The Bertz CT molecular complexity index is 916. The highest BCUT2D eigenvalue weighted by Gasteiger charge is 2.13. The zero-order chi connectivity index (χ0) is 16.4. The van der Waals surface area contributed by atoms with E-state index >= 15 is 0 Å². The van der Waals surface area contributed by atoms with Gasteiger partial charge in [-0.05, 0) is 6.92 Å². The Labute approximate surface area is 135 Å². The van der Waals surface area contributed by atoms with Crippen molar-refractivity contribution < 1.29 is 4.92 Å². The Balaban J connectivity index is 1.95. The first-order valence-electron chi connectivity index (χ1n) is 6.91. The summed E-state index contributed by atoms with van der Waals surface area (Å²) in [5, 5.41) is 11.7. The predicted molar refractivity (Wildman–Crippen MR) is 88.7 cm³/mol. The van der Waals surface area contributed by atoms with Crippen molar-refractivity contribution in [1.29, 1.82) is 0 Å². The van der Waals surface area contributed by atoms with Crippen LogP contribution in [0.2, 0.25) is 0 Å². The number of hydrogen-bond donors (Lipinski definition) is 0. The lowest BCUT2D eigenvalue weighted by Gasteiger charge is -2.03. The molecule has 3 rings (SSSR count). The standard InChI is InChI=1S/C16H13N3O3S/c1-11-14(23-16(17-11)12-5-3-2-4-6-12)10-18-9-13(19(21)22)7-8-15(18)20/h2-9H,10H2,1H3. The normalized spacial score (nSPS) is 10.7. The van der Waals surface area contributed by atoms with Gasteiger partial charge in [0.2, 0.25) is 0 Å². The van der Waals surface area contributed by atoms with Crippen LogP contribution in [0.5, 0.6) is 0 Å². The van der Waals surface area contributed by atoms with Crippen LogP contribution in [0, 0.1) is 17.0 Å². The fraction of sp³-hybridized carbons (Fsp3) is 0.125. The number of aryl methyl sites for hydroxylation is 1. The Morgan fingerprint density at radius 2 is 1.96 bits per heavy atom. The van der Waals surface area contributed by atoms with Crippen LogP contribution in [0.4, 0.5) is 5.69 Å². The Kier molecular flexibility index (Phi) is 4.03. The van der Waals surface area contributed by atoms with Gasteiger partial charge in [-0.15, -0.1) is 11.3 Å². The fourth-order valence-corrected chi connectivity index (χ4v) is 3.25. The van der Waals surface area contributed by atoms with Crippen molar-refractivity contribution in [1.82, 2.24) is 9.55 Å². The molecule has 0 saturated carbocycles. The van der Waals surface area contributed by atoms with Crippen LogP contribution in [0.3, 0.4) is 0 Å². The molecule has 0 radical (unpaired) electrons. The van der Waals surface area contributed by atoms with E-state index in [9.17, 15) is 14.9 Å². The third-order valence-electron chi connectivity index (χ3n) is 3.41. The van der Waals surface area contributed by atoms with Gasteiger partial charge in [-0.1, -0.05) is 30.3 Å². The largest absolute Gasteiger partial charge is 0.303 e. The number of pyridine rings is 1. The van der Waals surface area contributed by atoms with Crippen molar-refractivity contribution >= 4 is 17.0 Å². The Morgan fingerprint density at radius 3 is 2.65 bits per heavy atom. The molecule has 2 heterocycles. The van der Waals surface area contributed by atoms with Crippen molar-refractivity contribution in [3.8, 4) is 10.6 Å². The van der Waals surface area contributed by atoms with Gasteiger partial charge in [0.25, 0.3) is 11.2 Å². The second-order valence-electron chi connectivity index (χ2n) is 5.00. The molecule has 7 heteroatoms. The maximum Gasteiger partial charge on any atom is 0.285 e. The topological polar surface area (TPSA) is 78.0 Å². The van der Waals surface area contributed by atoms with E-state index in [1.807, 2.05) is 37.3 Å². The first kappa shape index (κ1) is 15.1. The molecule has 0 aliphatic rings. The van der Waals surface area contributed by atoms with E-state index in [-0.39, 0.29) is 17.8 Å². The number of thiazole rings is 1. The first-order valence-corrected chi connectivity index (χ1v) is 7.73. The molecule has 0 amide bonds. The number of benzene rings is 1. The average molecular weight is 327 g/mol. The van der Waals surface area contributed by atoms with E-state index in [1.165, 1.54) is 34.2 Å². The summed E-state index contributed by atoms with van der Waals surface area (Å²) in [7, 11) is 0. The Morgan fingerprint density at radius 1 is 1.22 bits per heavy atom. The van der Waals surface area contributed by atoms with Gasteiger partial charge in [-0.25, -0.2) is 4.98 Å². The molecule has 23 heavy (non-hydrogen) atoms. The summed E-state index contributed by atoms with van der Waals surface area (Å²) in [6, 6.07) is 12.2. The third-order valence-corrected chi connectivity index (χ3v) is 4.60. The van der Waals surface area contributed by atoms with Gasteiger partial charge in [0, 0.05) is 22.6 Å². The zero-order valence-electron chi connectivity index (χ0n) is 12.3. The lowest BCUT2D eigenvalue weighted by atomic mass is 10.2. The number of rotatable bonds is 4. The van der Waals surface area contributed by atoms with Gasteiger partial charge < -0.3 is 4.57 Å². The summed E-state index contributed by atoms with van der Waals surface area (Å²) in [5.41, 5.74) is 1.46. The molecule has 0 fully saturated rings. The lowest BCUT2D eigenvalue weighted by molar-refractivity contribution is -0.385. The average Bonchev–Trinajstić information content (AvgIpc) is 2.91. The van der Waals surface area contributed by atoms with Crippen molar-refractivity contribution in [3.05, 3.63) is 79.7 Å². The number of nitrogens with zero attached hydrogens (tertiary/aromatic N) is 3. The van der Waals surface area contributed by atoms with E-state index in [0.29, 0.717) is 0 Å². The monoisotopic (exact) mass is 327 g/mol. The van der Waals surface area contributed by atoms with Crippen molar-refractivity contribution in [2.24, 2.45) is 0 Å². The second kappa shape index (κ2) is 6.13. The van der Waals surface area contributed by atoms with Crippen LogP contribution in [-0.4, -0.2) is 14.5 Å². The Hall–Kier alpha value is -2.80. The summed E-state index contributed by atoms with van der Waals surface area (Å²) < 4.78 is 1.34. The van der Waals surface area contributed by atoms with Gasteiger partial charge in [-0.3, -0.25) is 14.9 Å². The summed E-state index contributed by atoms with van der Waals surface area (Å²) in [6.07, 6.45) is 1.27. The summed E-state index contributed by atoms with van der Waals surface area (Å²) in [5.74, 6) is 0. The molecule has 0 aliphatic carbocycles. The summed E-state index contributed by atoms with van der Waals surface area (Å²) >= 11 is 1.49. The van der Waals surface area contributed by atoms with E-state index < -0.39 is 4.92 Å². The molecule has 0 spiro atoms. The van der Waals surface area contributed by atoms with Crippen molar-refractivity contribution in [3.63, 3.8) is 0 Å². The van der Waals surface area contributed by atoms with E-state index in [1.54, 1.807) is 0 Å². The van der Waals surface area contributed by atoms with Crippen LogP contribution in [-0.2, 0) is 6.54 Å². The summed E-state index contributed by atoms with van der Waals surface area (Å²) in [6.45, 7) is 2.15. The summed E-state index contributed by atoms with van der Waals surface area (Å²) in [4.78, 5) is 27.7. The maximum atomic E-state index is 11.9. The number of nitro groups is 1. The molecule has 6 nitrogen and oxygen atoms in total. The van der Waals surface area contributed by atoms with Crippen molar-refractivity contribution in [2.75, 3.05) is 0 Å². The van der Waals surface area contributed by atoms with Crippen LogP contribution < -0.4 is 5.56 Å². The molecular formula is C16H13N3O3S. The van der Waals surface area contributed by atoms with Crippen LogP contribution in [0.15, 0.2) is 53.5 Å². The van der Waals surface area contributed by atoms with E-state index in [2.05, 4.69) is 4.98 Å². The molecule has 2 aromatic heterocycles. The number of hydrogen-bond acceptors (Lipinski definition) is 5. The molecule has 3 aromatic rings. The van der Waals surface area contributed by atoms with Crippen LogP contribution in [0.25, 0.3) is 10.6 Å². The smallest absolute Gasteiger partial charge is 0.285 e. The minimum Gasteiger partial charge on any atom is -0.303 e. The van der Waals surface area contributed by atoms with E-state index in [0.717, 1.165) is 21.1 Å². The zero-order valence-corrected chi connectivity index (χ0v) is 13.1. The van der Waals surface area contributed by atoms with Gasteiger partial charge in [-0.2, -0.15) is 0 Å². The van der Waals surface area contributed by atoms with Gasteiger partial charge in [0.05, 0.1) is 23.4 Å². The molecule has 1 aromatic carbocycles. The minimum atomic E-state index is -0.509. The molecule has 0 unspecified atom stereocenters. The SMILES string of the molecule is Cc1nc(-c2ccccc2)sc1Cn1cc([N+](=O)[O-])ccc1=O. The lowest BCUT2D eigenvalue weighted by Crippen LogP contribution is -2.19. The molecular weight excluding hydrogens is 314 g/mol. The van der Waals surface area contributed by atoms with Crippen LogP contribution >= 0.6 is 11.3 Å². The molecule has 0 bridgehead atoms. The second-order valence-corrected chi connectivity index (χ2v) is 6.09. The van der Waals surface area contributed by atoms with Gasteiger partial charge >= 0.3 is 0 Å². The molecule has 116 valence electrons. The highest BCUT2D eigenvalue weighted by molar-refractivity contribution is 7.15. The quantitative estimate of drug-likeness (QED) is 0.544. The highest BCUT2D eigenvalue weighted by atomic mass is 32.1. The maximum absolute atomic E-state index is 11.9. The molecule has 0 aliphatic heterocycles. The highest BCUT2D eigenvalue weighted by Crippen LogP contribution is 2.28. The third kappa shape index (κ3) is 3.19. The van der Waals surface area contributed by atoms with Crippen LogP contribution in [0.1, 0.15) is 10.6 Å². The van der Waals surface area contributed by atoms with Gasteiger partial charge in [0.1, 0.15) is 5.01 Å². The first-order chi connectivity index (χ1) is 11.0. The predicted octanol–water partition coefficient (Wildman–Crippen LogP) is 3.24. The minimum absolute atomic E-state index is 0.102. The fourth-order valence-electron chi connectivity index (χ4n) is 2.18. The number of aromatic nitrogens is 2.